The lowest BCUT2D eigenvalue weighted by atomic mass is 10.2. The Hall–Kier alpha value is -0.520. The third-order valence-electron chi connectivity index (χ3n) is 1.94. The second kappa shape index (κ2) is 5.21. The van der Waals surface area contributed by atoms with Gasteiger partial charge in [-0.25, -0.2) is 4.98 Å². The molecule has 1 aromatic heterocycles. The average Bonchev–Trinajstić information content (AvgIpc) is 2.60. The van der Waals surface area contributed by atoms with E-state index in [4.69, 9.17) is 5.73 Å². The summed E-state index contributed by atoms with van der Waals surface area (Å²) in [6, 6.07) is 5.99. The number of nitrogens with zero attached hydrogens (tertiary/aromatic N) is 1. The van der Waals surface area contributed by atoms with Crippen LogP contribution in [0.2, 0.25) is 0 Å². The van der Waals surface area contributed by atoms with Gasteiger partial charge in [0.15, 0.2) is 0 Å². The van der Waals surface area contributed by atoms with Crippen molar-refractivity contribution in [2.75, 3.05) is 5.73 Å². The van der Waals surface area contributed by atoms with Crippen LogP contribution >= 0.6 is 39.0 Å². The number of thioether (sulfide) groups is 1. The van der Waals surface area contributed by atoms with Crippen molar-refractivity contribution in [3.8, 4) is 0 Å². The van der Waals surface area contributed by atoms with Gasteiger partial charge >= 0.3 is 0 Å². The highest BCUT2D eigenvalue weighted by atomic mass is 79.9. The van der Waals surface area contributed by atoms with E-state index in [1.165, 1.54) is 5.56 Å². The molecule has 5 heteroatoms. The smallest absolute Gasteiger partial charge is 0.150 e. The van der Waals surface area contributed by atoms with E-state index >= 15 is 0 Å². The predicted molar refractivity (Wildman–Crippen MR) is 75.0 cm³/mol. The van der Waals surface area contributed by atoms with Crippen molar-refractivity contribution in [1.29, 1.82) is 0 Å². The van der Waals surface area contributed by atoms with Crippen LogP contribution in [0.5, 0.6) is 0 Å². The van der Waals surface area contributed by atoms with Crippen molar-refractivity contribution in [2.24, 2.45) is 0 Å². The molecule has 0 radical (unpaired) electrons. The van der Waals surface area contributed by atoms with Gasteiger partial charge in [0.1, 0.15) is 4.34 Å². The maximum absolute atomic E-state index is 5.78. The van der Waals surface area contributed by atoms with Gasteiger partial charge in [0.2, 0.25) is 0 Å². The number of rotatable bonds is 3. The van der Waals surface area contributed by atoms with Gasteiger partial charge in [-0.3, -0.25) is 0 Å². The quantitative estimate of drug-likeness (QED) is 0.685. The molecule has 84 valence electrons. The van der Waals surface area contributed by atoms with Crippen LogP contribution < -0.4 is 5.73 Å². The van der Waals surface area contributed by atoms with Crippen molar-refractivity contribution < 1.29 is 0 Å². The molecule has 0 atom stereocenters. The van der Waals surface area contributed by atoms with E-state index in [9.17, 15) is 0 Å². The first-order valence-electron chi connectivity index (χ1n) is 4.73. The van der Waals surface area contributed by atoms with Gasteiger partial charge in [0.05, 0.1) is 0 Å². The number of thiazole rings is 1. The second-order valence-electron chi connectivity index (χ2n) is 3.44. The molecule has 0 aliphatic rings. The first-order valence-corrected chi connectivity index (χ1v) is 7.39. The molecule has 2 rings (SSSR count). The number of benzene rings is 1. The van der Waals surface area contributed by atoms with Gasteiger partial charge in [0.25, 0.3) is 0 Å². The van der Waals surface area contributed by atoms with E-state index in [-0.39, 0.29) is 0 Å². The van der Waals surface area contributed by atoms with E-state index in [2.05, 4.69) is 32.4 Å². The first kappa shape index (κ1) is 12.0. The van der Waals surface area contributed by atoms with Crippen LogP contribution in [0, 0.1) is 6.92 Å². The molecule has 0 spiro atoms. The van der Waals surface area contributed by atoms with Crippen LogP contribution in [0.4, 0.5) is 5.69 Å². The summed E-state index contributed by atoms with van der Waals surface area (Å²) >= 11 is 6.87. The topological polar surface area (TPSA) is 38.9 Å². The van der Waals surface area contributed by atoms with Crippen LogP contribution in [-0.2, 0) is 5.75 Å². The molecule has 2 nitrogen and oxygen atoms in total. The minimum Gasteiger partial charge on any atom is -0.399 e. The molecular formula is C11H11BrN2S2. The number of aryl methyl sites for hydroxylation is 1. The molecule has 0 saturated heterocycles. The number of halogens is 1. The zero-order chi connectivity index (χ0) is 11.5. The molecule has 16 heavy (non-hydrogen) atoms. The molecule has 1 heterocycles. The van der Waals surface area contributed by atoms with Gasteiger partial charge < -0.3 is 5.73 Å². The van der Waals surface area contributed by atoms with Crippen molar-refractivity contribution in [3.63, 3.8) is 0 Å². The van der Waals surface area contributed by atoms with Crippen LogP contribution in [0.25, 0.3) is 0 Å². The summed E-state index contributed by atoms with van der Waals surface area (Å²) in [7, 11) is 0. The van der Waals surface area contributed by atoms with Crippen LogP contribution in [0.15, 0.2) is 32.4 Å². The Bertz CT molecular complexity index is 476. The number of hydrogen-bond acceptors (Lipinski definition) is 4. The van der Waals surface area contributed by atoms with Crippen LogP contribution in [0.1, 0.15) is 11.3 Å². The zero-order valence-electron chi connectivity index (χ0n) is 8.74. The molecule has 0 saturated carbocycles. The van der Waals surface area contributed by atoms with Crippen LogP contribution in [0.3, 0.4) is 0 Å². The van der Waals surface area contributed by atoms with E-state index in [1.807, 2.05) is 19.1 Å². The Balaban J connectivity index is 2.04. The number of nitrogens with two attached hydrogens (primary N) is 1. The maximum atomic E-state index is 5.78. The number of hydrogen-bond donors (Lipinski definition) is 1. The lowest BCUT2D eigenvalue weighted by Gasteiger charge is -2.02. The average molecular weight is 315 g/mol. The Morgan fingerprint density at radius 3 is 2.88 bits per heavy atom. The number of nitrogen functional groups attached to an aromatic ring is 1. The summed E-state index contributed by atoms with van der Waals surface area (Å²) in [6.07, 6.45) is 0. The fourth-order valence-electron chi connectivity index (χ4n) is 1.30. The molecule has 0 bridgehead atoms. The van der Waals surface area contributed by atoms with E-state index in [1.54, 1.807) is 23.1 Å². The summed E-state index contributed by atoms with van der Waals surface area (Å²) in [5, 5.41) is 2.07. The van der Waals surface area contributed by atoms with Crippen molar-refractivity contribution in [1.82, 2.24) is 4.98 Å². The van der Waals surface area contributed by atoms with Crippen molar-refractivity contribution in [3.05, 3.63) is 39.3 Å². The monoisotopic (exact) mass is 314 g/mol. The van der Waals surface area contributed by atoms with Gasteiger partial charge in [-0.2, -0.15) is 0 Å². The first-order chi connectivity index (χ1) is 7.63. The van der Waals surface area contributed by atoms with Crippen LogP contribution in [-0.4, -0.2) is 4.98 Å². The molecule has 0 aliphatic heterocycles. The third kappa shape index (κ3) is 3.23. The lowest BCUT2D eigenvalue weighted by molar-refractivity contribution is 1.16. The summed E-state index contributed by atoms with van der Waals surface area (Å²) < 4.78 is 2.13. The number of aromatic nitrogens is 1. The van der Waals surface area contributed by atoms with Crippen molar-refractivity contribution >= 4 is 44.7 Å². The van der Waals surface area contributed by atoms with Gasteiger partial charge in [0, 0.05) is 27.0 Å². The van der Waals surface area contributed by atoms with Gasteiger partial charge in [-0.15, -0.1) is 11.3 Å². The highest BCUT2D eigenvalue weighted by Gasteiger charge is 2.02. The van der Waals surface area contributed by atoms with E-state index in [0.717, 1.165) is 25.9 Å². The van der Waals surface area contributed by atoms with Crippen molar-refractivity contribution in [2.45, 2.75) is 17.0 Å². The molecule has 0 aliphatic carbocycles. The molecule has 2 N–H and O–H groups in total. The Kier molecular flexibility index (Phi) is 3.89. The second-order valence-corrected chi connectivity index (χ2v) is 6.43. The molecule has 1 aromatic carbocycles. The Morgan fingerprint density at radius 1 is 1.44 bits per heavy atom. The highest BCUT2D eigenvalue weighted by molar-refractivity contribution is 9.10. The standard InChI is InChI=1S/C11H11BrN2S2/c1-7-5-15-11(14-7)16-6-8-2-9(12)4-10(13)3-8/h2-5H,6,13H2,1H3. The fraction of sp³-hybridized carbons (Fsp3) is 0.182. The van der Waals surface area contributed by atoms with Gasteiger partial charge in [-0.05, 0) is 30.7 Å². The zero-order valence-corrected chi connectivity index (χ0v) is 12.0. The Labute approximate surface area is 111 Å². The molecule has 0 amide bonds. The minimum absolute atomic E-state index is 0.792. The largest absolute Gasteiger partial charge is 0.399 e. The number of anilines is 1. The van der Waals surface area contributed by atoms with E-state index < -0.39 is 0 Å². The minimum atomic E-state index is 0.792. The lowest BCUT2D eigenvalue weighted by Crippen LogP contribution is -1.88. The SMILES string of the molecule is Cc1csc(SCc2cc(N)cc(Br)c2)n1. The maximum Gasteiger partial charge on any atom is 0.150 e. The highest BCUT2D eigenvalue weighted by Crippen LogP contribution is 2.28. The molecule has 0 fully saturated rings. The summed E-state index contributed by atoms with van der Waals surface area (Å²) in [6.45, 7) is 2.01. The Morgan fingerprint density at radius 2 is 2.25 bits per heavy atom. The summed E-state index contributed by atoms with van der Waals surface area (Å²) in [4.78, 5) is 4.41. The normalized spacial score (nSPS) is 10.6. The summed E-state index contributed by atoms with van der Waals surface area (Å²) in [5.74, 6) is 0.899. The van der Waals surface area contributed by atoms with Gasteiger partial charge in [-0.1, -0.05) is 27.7 Å². The molecular weight excluding hydrogens is 304 g/mol. The summed E-state index contributed by atoms with van der Waals surface area (Å²) in [5.41, 5.74) is 8.87. The molecule has 2 aromatic rings. The molecule has 0 unspecified atom stereocenters. The predicted octanol–water partition coefficient (Wildman–Crippen LogP) is 4.09. The fourth-order valence-corrected chi connectivity index (χ4v) is 3.64. The third-order valence-corrected chi connectivity index (χ3v) is 4.61. The van der Waals surface area contributed by atoms with E-state index in [0.29, 0.717) is 0 Å².